The Morgan fingerprint density at radius 3 is 3.00 bits per heavy atom. The van der Waals surface area contributed by atoms with Gasteiger partial charge >= 0.3 is 0 Å². The van der Waals surface area contributed by atoms with Crippen LogP contribution < -0.4 is 0 Å². The van der Waals surface area contributed by atoms with E-state index in [-0.39, 0.29) is 6.42 Å². The van der Waals surface area contributed by atoms with E-state index in [4.69, 9.17) is 8.94 Å². The summed E-state index contributed by atoms with van der Waals surface area (Å²) in [4.78, 5) is 14.2. The molecule has 14 heavy (non-hydrogen) atoms. The summed E-state index contributed by atoms with van der Waals surface area (Å²) < 4.78 is 10.2. The van der Waals surface area contributed by atoms with Crippen LogP contribution in [-0.4, -0.2) is 16.4 Å². The van der Waals surface area contributed by atoms with Crippen LogP contribution in [0, 0.1) is 6.92 Å². The second-order valence-corrected chi connectivity index (χ2v) is 2.80. The summed E-state index contributed by atoms with van der Waals surface area (Å²) >= 11 is 0. The fourth-order valence-corrected chi connectivity index (χ4v) is 1.06. The lowest BCUT2D eigenvalue weighted by atomic mass is 10.4. The highest BCUT2D eigenvalue weighted by Crippen LogP contribution is 2.19. The first kappa shape index (κ1) is 8.68. The van der Waals surface area contributed by atoms with Crippen molar-refractivity contribution in [2.45, 2.75) is 13.3 Å². The van der Waals surface area contributed by atoms with Gasteiger partial charge < -0.3 is 13.7 Å². The molecule has 5 nitrogen and oxygen atoms in total. The van der Waals surface area contributed by atoms with Crippen LogP contribution in [0.5, 0.6) is 0 Å². The molecular formula is C9H8N2O3. The predicted molar refractivity (Wildman–Crippen MR) is 46.5 cm³/mol. The van der Waals surface area contributed by atoms with Gasteiger partial charge in [-0.05, 0) is 19.1 Å². The summed E-state index contributed by atoms with van der Waals surface area (Å²) in [6, 6.07) is 3.55. The summed E-state index contributed by atoms with van der Waals surface area (Å²) in [5, 5.41) is 3.61. The van der Waals surface area contributed by atoms with Gasteiger partial charge in [-0.1, -0.05) is 5.16 Å². The molecule has 5 heteroatoms. The number of rotatable bonds is 3. The maximum Gasteiger partial charge on any atom is 0.293 e. The summed E-state index contributed by atoms with van der Waals surface area (Å²) in [7, 11) is 0. The number of aromatic nitrogens is 2. The lowest BCUT2D eigenvalue weighted by Gasteiger charge is -1.84. The largest absolute Gasteiger partial charge is 0.456 e. The molecule has 0 saturated carbocycles. The van der Waals surface area contributed by atoms with E-state index in [1.54, 1.807) is 12.1 Å². The zero-order valence-electron chi connectivity index (χ0n) is 7.56. The van der Waals surface area contributed by atoms with E-state index in [1.807, 2.05) is 6.92 Å². The topological polar surface area (TPSA) is 69.1 Å². The molecule has 0 aliphatic heterocycles. The molecular weight excluding hydrogens is 184 g/mol. The fraction of sp³-hybridized carbons (Fsp3) is 0.222. The van der Waals surface area contributed by atoms with Gasteiger partial charge in [-0.3, -0.25) is 0 Å². The monoisotopic (exact) mass is 192 g/mol. The number of carbonyl (C=O) groups excluding carboxylic acids is 1. The van der Waals surface area contributed by atoms with Crippen LogP contribution in [-0.2, 0) is 11.2 Å². The Labute approximate surface area is 79.7 Å². The van der Waals surface area contributed by atoms with Crippen molar-refractivity contribution in [3.05, 3.63) is 23.7 Å². The van der Waals surface area contributed by atoms with Crippen molar-refractivity contribution >= 4 is 6.29 Å². The molecule has 2 heterocycles. The number of hydrogen-bond acceptors (Lipinski definition) is 5. The van der Waals surface area contributed by atoms with Crippen LogP contribution in [0.25, 0.3) is 11.7 Å². The van der Waals surface area contributed by atoms with Crippen LogP contribution in [0.1, 0.15) is 11.6 Å². The molecule has 72 valence electrons. The molecule has 0 amide bonds. The Bertz CT molecular complexity index is 444. The molecule has 0 saturated heterocycles. The van der Waals surface area contributed by atoms with Crippen molar-refractivity contribution < 1.29 is 13.7 Å². The van der Waals surface area contributed by atoms with Crippen molar-refractivity contribution in [3.8, 4) is 11.7 Å². The third kappa shape index (κ3) is 1.56. The molecule has 0 N–H and O–H groups in total. The molecule has 0 bridgehead atoms. The molecule has 2 rings (SSSR count). The fourth-order valence-electron chi connectivity index (χ4n) is 1.06. The van der Waals surface area contributed by atoms with Crippen molar-refractivity contribution in [1.82, 2.24) is 10.1 Å². The van der Waals surface area contributed by atoms with Crippen LogP contribution in [0.4, 0.5) is 0 Å². The SMILES string of the molecule is Cc1ccc(-c2nc(CC=O)no2)o1. The number of hydrogen-bond donors (Lipinski definition) is 0. The predicted octanol–water partition coefficient (Wildman–Crippen LogP) is 1.38. The minimum absolute atomic E-state index is 0.156. The molecule has 2 aromatic rings. The number of aryl methyl sites for hydroxylation is 1. The molecule has 0 spiro atoms. The quantitative estimate of drug-likeness (QED) is 0.687. The Morgan fingerprint density at radius 2 is 2.36 bits per heavy atom. The highest BCUT2D eigenvalue weighted by atomic mass is 16.5. The zero-order valence-corrected chi connectivity index (χ0v) is 7.56. The zero-order chi connectivity index (χ0) is 9.97. The molecule has 0 aromatic carbocycles. The second kappa shape index (κ2) is 3.45. The average Bonchev–Trinajstić information content (AvgIpc) is 2.74. The highest BCUT2D eigenvalue weighted by Gasteiger charge is 2.11. The van der Waals surface area contributed by atoms with Crippen LogP contribution in [0.15, 0.2) is 21.1 Å². The van der Waals surface area contributed by atoms with Crippen LogP contribution in [0.2, 0.25) is 0 Å². The summed E-state index contributed by atoms with van der Waals surface area (Å²) in [5.74, 6) is 1.96. The highest BCUT2D eigenvalue weighted by molar-refractivity contribution is 5.53. The number of furan rings is 1. The Hall–Kier alpha value is -1.91. The van der Waals surface area contributed by atoms with Gasteiger partial charge in [0.25, 0.3) is 5.89 Å². The molecule has 0 aliphatic carbocycles. The number of carbonyl (C=O) groups is 1. The first-order valence-corrected chi connectivity index (χ1v) is 4.12. The van der Waals surface area contributed by atoms with Gasteiger partial charge in [-0.15, -0.1) is 0 Å². The Kier molecular flexibility index (Phi) is 2.14. The number of aldehydes is 1. The normalized spacial score (nSPS) is 10.4. The van der Waals surface area contributed by atoms with Crippen molar-refractivity contribution in [1.29, 1.82) is 0 Å². The lowest BCUT2D eigenvalue weighted by molar-refractivity contribution is -0.107. The first-order valence-electron chi connectivity index (χ1n) is 4.12. The summed E-state index contributed by atoms with van der Waals surface area (Å²) in [6.45, 7) is 1.83. The van der Waals surface area contributed by atoms with Gasteiger partial charge in [0.05, 0.1) is 6.42 Å². The third-order valence-electron chi connectivity index (χ3n) is 1.69. The first-order chi connectivity index (χ1) is 6.79. The van der Waals surface area contributed by atoms with Gasteiger partial charge in [-0.25, -0.2) is 0 Å². The van der Waals surface area contributed by atoms with E-state index >= 15 is 0 Å². The van der Waals surface area contributed by atoms with Crippen molar-refractivity contribution in [2.24, 2.45) is 0 Å². The molecule has 0 unspecified atom stereocenters. The van der Waals surface area contributed by atoms with Gasteiger partial charge in [0.1, 0.15) is 12.0 Å². The van der Waals surface area contributed by atoms with E-state index in [9.17, 15) is 4.79 Å². The number of nitrogens with zero attached hydrogens (tertiary/aromatic N) is 2. The maximum atomic E-state index is 10.2. The van der Waals surface area contributed by atoms with E-state index in [0.717, 1.165) is 12.0 Å². The van der Waals surface area contributed by atoms with Crippen molar-refractivity contribution in [3.63, 3.8) is 0 Å². The van der Waals surface area contributed by atoms with Gasteiger partial charge in [0, 0.05) is 0 Å². The van der Waals surface area contributed by atoms with Crippen LogP contribution in [0.3, 0.4) is 0 Å². The lowest BCUT2D eigenvalue weighted by Crippen LogP contribution is -1.87. The summed E-state index contributed by atoms with van der Waals surface area (Å²) in [6.07, 6.45) is 0.880. The molecule has 0 radical (unpaired) electrons. The van der Waals surface area contributed by atoms with Gasteiger partial charge in [0.2, 0.25) is 0 Å². The third-order valence-corrected chi connectivity index (χ3v) is 1.69. The van der Waals surface area contributed by atoms with Gasteiger partial charge in [-0.2, -0.15) is 4.98 Å². The standard InChI is InChI=1S/C9H8N2O3/c1-6-2-3-7(13-6)9-10-8(4-5-12)11-14-9/h2-3,5H,4H2,1H3. The maximum absolute atomic E-state index is 10.2. The molecule has 0 aliphatic rings. The van der Waals surface area contributed by atoms with Gasteiger partial charge in [0.15, 0.2) is 11.6 Å². The Balaban J connectivity index is 2.28. The van der Waals surface area contributed by atoms with Crippen LogP contribution >= 0.6 is 0 Å². The minimum Gasteiger partial charge on any atom is -0.456 e. The average molecular weight is 192 g/mol. The smallest absolute Gasteiger partial charge is 0.293 e. The minimum atomic E-state index is 0.156. The van der Waals surface area contributed by atoms with E-state index < -0.39 is 0 Å². The molecule has 2 aromatic heterocycles. The Morgan fingerprint density at radius 1 is 1.50 bits per heavy atom. The van der Waals surface area contributed by atoms with E-state index in [1.165, 1.54) is 0 Å². The molecule has 0 atom stereocenters. The summed E-state index contributed by atoms with van der Waals surface area (Å²) in [5.41, 5.74) is 0. The second-order valence-electron chi connectivity index (χ2n) is 2.80. The van der Waals surface area contributed by atoms with E-state index in [0.29, 0.717) is 17.5 Å². The molecule has 0 fully saturated rings. The van der Waals surface area contributed by atoms with E-state index in [2.05, 4.69) is 10.1 Å². The van der Waals surface area contributed by atoms with Crippen molar-refractivity contribution in [2.75, 3.05) is 0 Å².